The molecular formula is C25H23ClN4O3S. The Balaban J connectivity index is 1.43. The van der Waals surface area contributed by atoms with Crippen molar-refractivity contribution in [3.05, 3.63) is 82.9 Å². The van der Waals surface area contributed by atoms with Gasteiger partial charge in [0.25, 0.3) is 5.91 Å². The minimum Gasteiger partial charge on any atom is -0.497 e. The summed E-state index contributed by atoms with van der Waals surface area (Å²) in [5.74, 6) is 1.21. The second kappa shape index (κ2) is 11.1. The van der Waals surface area contributed by atoms with Gasteiger partial charge in [0.1, 0.15) is 11.5 Å². The number of imidazole rings is 1. The molecule has 0 bridgehead atoms. The predicted molar refractivity (Wildman–Crippen MR) is 136 cm³/mol. The molecule has 0 spiro atoms. The van der Waals surface area contributed by atoms with Crippen molar-refractivity contribution in [2.45, 2.75) is 11.7 Å². The highest BCUT2D eigenvalue weighted by molar-refractivity contribution is 7.99. The summed E-state index contributed by atoms with van der Waals surface area (Å²) in [7, 11) is 3.15. The molecule has 7 nitrogen and oxygen atoms in total. The Morgan fingerprint density at radius 2 is 1.91 bits per heavy atom. The number of hydrogen-bond acceptors (Lipinski definition) is 6. The maximum absolute atomic E-state index is 12.4. The highest BCUT2D eigenvalue weighted by Gasteiger charge is 2.13. The highest BCUT2D eigenvalue weighted by Crippen LogP contribution is 2.26. The topological polar surface area (TPSA) is 77.7 Å². The third-order valence-corrected chi connectivity index (χ3v) is 6.27. The maximum Gasteiger partial charge on any atom is 0.250 e. The summed E-state index contributed by atoms with van der Waals surface area (Å²) in [6.07, 6.45) is 1.54. The molecule has 0 fully saturated rings. The van der Waals surface area contributed by atoms with Crippen LogP contribution in [0.2, 0.25) is 5.02 Å². The number of para-hydroxylation sites is 2. The fourth-order valence-electron chi connectivity index (χ4n) is 3.35. The zero-order valence-corrected chi connectivity index (χ0v) is 20.3. The Kier molecular flexibility index (Phi) is 7.72. The number of methoxy groups -OCH3 is 2. The predicted octanol–water partition coefficient (Wildman–Crippen LogP) is 5.00. The molecule has 34 heavy (non-hydrogen) atoms. The number of thioether (sulfide) groups is 1. The van der Waals surface area contributed by atoms with Crippen LogP contribution >= 0.6 is 23.4 Å². The number of ether oxygens (including phenoxy) is 2. The standard InChI is InChI=1S/C25H23ClN4O3S/c1-32-20-12-9-18(23(13-20)33-2)14-27-29-24(31)16-34-25-28-21-5-3-4-6-22(21)30(25)15-17-7-10-19(26)11-8-17/h3-14H,15-16H2,1-2H3,(H,29,31). The van der Waals surface area contributed by atoms with Crippen molar-refractivity contribution in [2.24, 2.45) is 5.10 Å². The van der Waals surface area contributed by atoms with Crippen LogP contribution in [-0.2, 0) is 11.3 Å². The number of hydrazone groups is 1. The van der Waals surface area contributed by atoms with Gasteiger partial charge in [-0.15, -0.1) is 0 Å². The number of carbonyl (C=O) groups is 1. The average molecular weight is 495 g/mol. The number of nitrogens with zero attached hydrogens (tertiary/aromatic N) is 3. The molecule has 3 aromatic carbocycles. The summed E-state index contributed by atoms with van der Waals surface area (Å²) >= 11 is 7.38. The molecule has 0 unspecified atom stereocenters. The molecule has 0 radical (unpaired) electrons. The smallest absolute Gasteiger partial charge is 0.250 e. The van der Waals surface area contributed by atoms with Gasteiger partial charge in [-0.3, -0.25) is 4.79 Å². The maximum atomic E-state index is 12.4. The second-order valence-electron chi connectivity index (χ2n) is 7.29. The Bertz CT molecular complexity index is 1320. The lowest BCUT2D eigenvalue weighted by Gasteiger charge is -2.09. The number of halogens is 1. The summed E-state index contributed by atoms with van der Waals surface area (Å²) < 4.78 is 12.6. The normalized spacial score (nSPS) is 11.1. The summed E-state index contributed by atoms with van der Waals surface area (Å²) in [5.41, 5.74) is 6.26. The van der Waals surface area contributed by atoms with Gasteiger partial charge in [0, 0.05) is 16.7 Å². The van der Waals surface area contributed by atoms with Crippen molar-refractivity contribution in [1.29, 1.82) is 0 Å². The Labute approximate surface area is 206 Å². The van der Waals surface area contributed by atoms with E-state index in [0.717, 1.165) is 27.3 Å². The molecule has 0 aliphatic heterocycles. The quantitative estimate of drug-likeness (QED) is 0.201. The van der Waals surface area contributed by atoms with Gasteiger partial charge in [0.2, 0.25) is 0 Å². The van der Waals surface area contributed by atoms with Crippen molar-refractivity contribution in [3.8, 4) is 11.5 Å². The van der Waals surface area contributed by atoms with E-state index in [0.29, 0.717) is 23.1 Å². The van der Waals surface area contributed by atoms with E-state index in [2.05, 4.69) is 15.1 Å². The average Bonchev–Trinajstić information content (AvgIpc) is 3.21. The van der Waals surface area contributed by atoms with E-state index in [1.807, 2.05) is 48.5 Å². The molecule has 174 valence electrons. The third kappa shape index (κ3) is 5.70. The number of aromatic nitrogens is 2. The zero-order chi connectivity index (χ0) is 23.9. The van der Waals surface area contributed by atoms with Crippen molar-refractivity contribution in [2.75, 3.05) is 20.0 Å². The van der Waals surface area contributed by atoms with Gasteiger partial charge in [0.15, 0.2) is 5.16 Å². The van der Waals surface area contributed by atoms with E-state index < -0.39 is 0 Å². The van der Waals surface area contributed by atoms with Crippen LogP contribution in [0.4, 0.5) is 0 Å². The summed E-state index contributed by atoms with van der Waals surface area (Å²) in [6, 6.07) is 21.0. The van der Waals surface area contributed by atoms with Gasteiger partial charge < -0.3 is 14.0 Å². The van der Waals surface area contributed by atoms with Crippen molar-refractivity contribution < 1.29 is 14.3 Å². The van der Waals surface area contributed by atoms with Crippen LogP contribution in [-0.4, -0.2) is 41.6 Å². The van der Waals surface area contributed by atoms with Crippen molar-refractivity contribution >= 4 is 46.5 Å². The molecule has 0 atom stereocenters. The summed E-state index contributed by atoms with van der Waals surface area (Å²) in [5, 5.41) is 5.51. The van der Waals surface area contributed by atoms with Crippen LogP contribution in [0.5, 0.6) is 11.5 Å². The lowest BCUT2D eigenvalue weighted by molar-refractivity contribution is -0.118. The lowest BCUT2D eigenvalue weighted by atomic mass is 10.2. The number of rotatable bonds is 9. The molecule has 1 heterocycles. The molecule has 1 amide bonds. The number of nitrogens with one attached hydrogen (secondary N) is 1. The molecule has 4 rings (SSSR count). The number of fused-ring (bicyclic) bond motifs is 1. The molecule has 0 aliphatic rings. The van der Waals surface area contributed by atoms with E-state index in [4.69, 9.17) is 26.1 Å². The fraction of sp³-hybridized carbons (Fsp3) is 0.160. The first kappa shape index (κ1) is 23.7. The minimum atomic E-state index is -0.237. The second-order valence-corrected chi connectivity index (χ2v) is 8.66. The zero-order valence-electron chi connectivity index (χ0n) is 18.7. The molecule has 0 aliphatic carbocycles. The molecule has 0 saturated heterocycles. The van der Waals surface area contributed by atoms with Crippen LogP contribution in [0.3, 0.4) is 0 Å². The highest BCUT2D eigenvalue weighted by atomic mass is 35.5. The van der Waals surface area contributed by atoms with Crippen LogP contribution in [0, 0.1) is 0 Å². The van der Waals surface area contributed by atoms with E-state index in [1.54, 1.807) is 32.4 Å². The number of hydrogen-bond donors (Lipinski definition) is 1. The van der Waals surface area contributed by atoms with E-state index >= 15 is 0 Å². The van der Waals surface area contributed by atoms with E-state index in [-0.39, 0.29) is 11.7 Å². The minimum absolute atomic E-state index is 0.168. The van der Waals surface area contributed by atoms with Gasteiger partial charge >= 0.3 is 0 Å². The van der Waals surface area contributed by atoms with Gasteiger partial charge in [-0.05, 0) is 42.0 Å². The number of amides is 1. The van der Waals surface area contributed by atoms with Crippen LogP contribution < -0.4 is 14.9 Å². The molecule has 1 aromatic heterocycles. The Morgan fingerprint density at radius 3 is 2.68 bits per heavy atom. The number of carbonyl (C=O) groups excluding carboxylic acids is 1. The van der Waals surface area contributed by atoms with E-state index in [1.165, 1.54) is 18.0 Å². The first-order chi connectivity index (χ1) is 16.6. The first-order valence-corrected chi connectivity index (χ1v) is 11.8. The van der Waals surface area contributed by atoms with Gasteiger partial charge in [0.05, 0.1) is 43.8 Å². The molecule has 1 N–H and O–H groups in total. The van der Waals surface area contributed by atoms with Gasteiger partial charge in [-0.2, -0.15) is 5.10 Å². The molecule has 9 heteroatoms. The van der Waals surface area contributed by atoms with Gasteiger partial charge in [-0.1, -0.05) is 47.6 Å². The SMILES string of the molecule is COc1ccc(C=NNC(=O)CSc2nc3ccccc3n2Cc2ccc(Cl)cc2)c(OC)c1. The van der Waals surface area contributed by atoms with Crippen LogP contribution in [0.25, 0.3) is 11.0 Å². The summed E-state index contributed by atoms with van der Waals surface area (Å²) in [4.78, 5) is 17.2. The third-order valence-electron chi connectivity index (χ3n) is 5.04. The van der Waals surface area contributed by atoms with Crippen molar-refractivity contribution in [1.82, 2.24) is 15.0 Å². The van der Waals surface area contributed by atoms with Crippen LogP contribution in [0.1, 0.15) is 11.1 Å². The lowest BCUT2D eigenvalue weighted by Crippen LogP contribution is -2.20. The first-order valence-electron chi connectivity index (χ1n) is 10.4. The van der Waals surface area contributed by atoms with Crippen molar-refractivity contribution in [3.63, 3.8) is 0 Å². The Morgan fingerprint density at radius 1 is 1.12 bits per heavy atom. The Hall–Kier alpha value is -3.49. The largest absolute Gasteiger partial charge is 0.497 e. The van der Waals surface area contributed by atoms with Gasteiger partial charge in [-0.25, -0.2) is 10.4 Å². The molecule has 0 saturated carbocycles. The van der Waals surface area contributed by atoms with E-state index in [9.17, 15) is 4.79 Å². The molecular weight excluding hydrogens is 472 g/mol. The molecule has 4 aromatic rings. The fourth-order valence-corrected chi connectivity index (χ4v) is 4.28. The summed E-state index contributed by atoms with van der Waals surface area (Å²) in [6.45, 7) is 0.622. The monoisotopic (exact) mass is 494 g/mol. The van der Waals surface area contributed by atoms with Crippen LogP contribution in [0.15, 0.2) is 77.0 Å². The number of benzene rings is 3.